The first-order valence-electron chi connectivity index (χ1n) is 6.65. The SMILES string of the molecule is Cl.NC1CCCN(S(=O)(=O)c2ccc([N+](=O)[O-])cc2C(F)(F)F)C1. The lowest BCUT2D eigenvalue weighted by Gasteiger charge is -2.30. The summed E-state index contributed by atoms with van der Waals surface area (Å²) in [5.74, 6) is 0. The van der Waals surface area contributed by atoms with E-state index in [0.29, 0.717) is 18.9 Å². The van der Waals surface area contributed by atoms with Gasteiger partial charge in [-0.15, -0.1) is 12.4 Å². The fourth-order valence-electron chi connectivity index (χ4n) is 2.41. The third kappa shape index (κ3) is 4.15. The molecule has 12 heteroatoms. The van der Waals surface area contributed by atoms with Crippen LogP contribution in [0.5, 0.6) is 0 Å². The van der Waals surface area contributed by atoms with Gasteiger partial charge in [-0.1, -0.05) is 0 Å². The Hall–Kier alpha value is -1.43. The number of nitrogens with zero attached hydrogens (tertiary/aromatic N) is 2. The summed E-state index contributed by atoms with van der Waals surface area (Å²) >= 11 is 0. The van der Waals surface area contributed by atoms with Gasteiger partial charge in [0.25, 0.3) is 5.69 Å². The normalized spacial score (nSPS) is 19.6. The second-order valence-electron chi connectivity index (χ2n) is 5.20. The van der Waals surface area contributed by atoms with Gasteiger partial charge in [-0.3, -0.25) is 10.1 Å². The zero-order valence-corrected chi connectivity index (χ0v) is 13.8. The molecule has 136 valence electrons. The number of hydrogen-bond donors (Lipinski definition) is 1. The lowest BCUT2D eigenvalue weighted by molar-refractivity contribution is -0.385. The van der Waals surface area contributed by atoms with Gasteiger partial charge in [-0.25, -0.2) is 8.42 Å². The van der Waals surface area contributed by atoms with Crippen molar-refractivity contribution in [1.82, 2.24) is 4.31 Å². The van der Waals surface area contributed by atoms with Crippen molar-refractivity contribution in [3.63, 3.8) is 0 Å². The molecule has 1 saturated heterocycles. The summed E-state index contributed by atoms with van der Waals surface area (Å²) in [6.07, 6.45) is -4.01. The van der Waals surface area contributed by atoms with Crippen molar-refractivity contribution in [2.45, 2.75) is 30.0 Å². The molecule has 2 rings (SSSR count). The van der Waals surface area contributed by atoms with Crippen LogP contribution in [-0.2, 0) is 16.2 Å². The summed E-state index contributed by atoms with van der Waals surface area (Å²) in [5.41, 5.74) is 3.29. The Labute approximate surface area is 142 Å². The molecule has 1 unspecified atom stereocenters. The molecule has 1 aromatic rings. The van der Waals surface area contributed by atoms with Gasteiger partial charge in [0.15, 0.2) is 0 Å². The van der Waals surface area contributed by atoms with Crippen molar-refractivity contribution < 1.29 is 26.5 Å². The van der Waals surface area contributed by atoms with Crippen molar-refractivity contribution in [1.29, 1.82) is 0 Å². The Morgan fingerprint density at radius 2 is 1.96 bits per heavy atom. The summed E-state index contributed by atoms with van der Waals surface area (Å²) in [6.45, 7) is -0.0268. The average Bonchev–Trinajstić information content (AvgIpc) is 2.45. The van der Waals surface area contributed by atoms with E-state index < -0.39 is 43.3 Å². The number of benzene rings is 1. The number of nitrogens with two attached hydrogens (primary N) is 1. The van der Waals surface area contributed by atoms with E-state index in [1.54, 1.807) is 0 Å². The maximum Gasteiger partial charge on any atom is 0.417 e. The molecule has 1 atom stereocenters. The summed E-state index contributed by atoms with van der Waals surface area (Å²) in [4.78, 5) is 8.64. The number of sulfonamides is 1. The second kappa shape index (κ2) is 7.21. The number of nitro groups is 1. The molecule has 2 N–H and O–H groups in total. The zero-order valence-electron chi connectivity index (χ0n) is 12.2. The van der Waals surface area contributed by atoms with E-state index in [4.69, 9.17) is 5.73 Å². The van der Waals surface area contributed by atoms with Gasteiger partial charge in [0, 0.05) is 31.3 Å². The first kappa shape index (κ1) is 20.6. The highest BCUT2D eigenvalue weighted by molar-refractivity contribution is 7.89. The molecule has 0 radical (unpaired) electrons. The van der Waals surface area contributed by atoms with Crippen LogP contribution in [0.25, 0.3) is 0 Å². The lowest BCUT2D eigenvalue weighted by Crippen LogP contribution is -2.45. The topological polar surface area (TPSA) is 107 Å². The molecule has 1 fully saturated rings. The molecule has 0 aliphatic carbocycles. The number of rotatable bonds is 3. The Kier molecular flexibility index (Phi) is 6.20. The Bertz CT molecular complexity index is 727. The van der Waals surface area contributed by atoms with Crippen LogP contribution in [0.1, 0.15) is 18.4 Å². The van der Waals surface area contributed by atoms with Gasteiger partial charge >= 0.3 is 6.18 Å². The molecule has 1 aliphatic rings. The minimum absolute atomic E-state index is 0. The fourth-order valence-corrected chi connectivity index (χ4v) is 4.14. The van der Waals surface area contributed by atoms with E-state index in [1.807, 2.05) is 0 Å². The first-order chi connectivity index (χ1) is 10.5. The number of alkyl halides is 3. The molecular formula is C12H15ClF3N3O4S. The predicted molar refractivity (Wildman–Crippen MR) is 81.3 cm³/mol. The van der Waals surface area contributed by atoms with Crippen LogP contribution in [0.15, 0.2) is 23.1 Å². The van der Waals surface area contributed by atoms with Crippen LogP contribution in [0, 0.1) is 10.1 Å². The second-order valence-corrected chi connectivity index (χ2v) is 7.11. The van der Waals surface area contributed by atoms with Crippen molar-refractivity contribution >= 4 is 28.1 Å². The first-order valence-corrected chi connectivity index (χ1v) is 8.09. The molecule has 1 aliphatic heterocycles. The Morgan fingerprint density at radius 1 is 1.33 bits per heavy atom. The molecule has 0 aromatic heterocycles. The highest BCUT2D eigenvalue weighted by Crippen LogP contribution is 2.37. The molecule has 0 bridgehead atoms. The van der Waals surface area contributed by atoms with E-state index in [9.17, 15) is 31.7 Å². The number of non-ortho nitro benzene ring substituents is 1. The van der Waals surface area contributed by atoms with Crippen molar-refractivity contribution in [2.24, 2.45) is 5.73 Å². The number of nitro benzene ring substituents is 1. The number of hydrogen-bond acceptors (Lipinski definition) is 5. The van der Waals surface area contributed by atoms with E-state index >= 15 is 0 Å². The lowest BCUT2D eigenvalue weighted by atomic mass is 10.1. The molecular weight excluding hydrogens is 375 g/mol. The summed E-state index contributed by atoms with van der Waals surface area (Å²) in [7, 11) is -4.44. The highest BCUT2D eigenvalue weighted by atomic mass is 35.5. The average molecular weight is 390 g/mol. The highest BCUT2D eigenvalue weighted by Gasteiger charge is 2.41. The molecule has 1 aromatic carbocycles. The van der Waals surface area contributed by atoms with Gasteiger partial charge in [0.1, 0.15) is 0 Å². The number of piperidine rings is 1. The van der Waals surface area contributed by atoms with E-state index in [0.717, 1.165) is 10.4 Å². The smallest absolute Gasteiger partial charge is 0.327 e. The van der Waals surface area contributed by atoms with Crippen molar-refractivity contribution in [3.8, 4) is 0 Å². The van der Waals surface area contributed by atoms with Gasteiger partial charge in [0.2, 0.25) is 10.0 Å². The van der Waals surface area contributed by atoms with Crippen LogP contribution in [0.3, 0.4) is 0 Å². The molecule has 0 spiro atoms. The zero-order chi connectivity index (χ0) is 17.4. The standard InChI is InChI=1S/C12H14F3N3O4S.ClH/c13-12(14,15)10-6-9(18(19)20)3-4-11(10)23(21,22)17-5-1-2-8(16)7-17;/h3-4,6,8H,1-2,5,7,16H2;1H. The Morgan fingerprint density at radius 3 is 2.46 bits per heavy atom. The van der Waals surface area contributed by atoms with E-state index in [2.05, 4.69) is 0 Å². The van der Waals surface area contributed by atoms with E-state index in [1.165, 1.54) is 0 Å². The van der Waals surface area contributed by atoms with Crippen LogP contribution in [-0.4, -0.2) is 36.8 Å². The summed E-state index contributed by atoms with van der Waals surface area (Å²) in [6, 6.07) is 1.14. The minimum Gasteiger partial charge on any atom is -0.327 e. The molecule has 24 heavy (non-hydrogen) atoms. The molecule has 0 amide bonds. The van der Waals surface area contributed by atoms with Gasteiger partial charge in [-0.2, -0.15) is 17.5 Å². The van der Waals surface area contributed by atoms with Crippen molar-refractivity contribution in [3.05, 3.63) is 33.9 Å². The maximum absolute atomic E-state index is 13.1. The minimum atomic E-state index is -5.04. The predicted octanol–water partition coefficient (Wildman–Crippen LogP) is 2.15. The molecule has 7 nitrogen and oxygen atoms in total. The van der Waals surface area contributed by atoms with Crippen LogP contribution in [0.2, 0.25) is 0 Å². The van der Waals surface area contributed by atoms with Crippen LogP contribution >= 0.6 is 12.4 Å². The fraction of sp³-hybridized carbons (Fsp3) is 0.500. The molecule has 1 heterocycles. The summed E-state index contributed by atoms with van der Waals surface area (Å²) in [5, 5.41) is 10.6. The quantitative estimate of drug-likeness (QED) is 0.629. The van der Waals surface area contributed by atoms with Gasteiger partial charge in [0.05, 0.1) is 15.4 Å². The van der Waals surface area contributed by atoms with Crippen molar-refractivity contribution in [2.75, 3.05) is 13.1 Å². The monoisotopic (exact) mass is 389 g/mol. The maximum atomic E-state index is 13.1. The van der Waals surface area contributed by atoms with Crippen LogP contribution in [0.4, 0.5) is 18.9 Å². The van der Waals surface area contributed by atoms with Crippen LogP contribution < -0.4 is 5.73 Å². The van der Waals surface area contributed by atoms with E-state index in [-0.39, 0.29) is 31.6 Å². The largest absolute Gasteiger partial charge is 0.417 e. The van der Waals surface area contributed by atoms with Gasteiger partial charge < -0.3 is 5.73 Å². The third-order valence-corrected chi connectivity index (χ3v) is 5.44. The molecule has 0 saturated carbocycles. The Balaban J connectivity index is 0.00000288. The third-order valence-electron chi connectivity index (χ3n) is 3.52. The summed E-state index contributed by atoms with van der Waals surface area (Å²) < 4.78 is 65.3. The number of halogens is 4. The van der Waals surface area contributed by atoms with Gasteiger partial charge in [-0.05, 0) is 18.9 Å².